The van der Waals surface area contributed by atoms with Gasteiger partial charge in [0.2, 0.25) is 5.91 Å². The molecule has 34 heavy (non-hydrogen) atoms. The van der Waals surface area contributed by atoms with Crippen molar-refractivity contribution in [3.63, 3.8) is 0 Å². The first kappa shape index (κ1) is 23.7. The second-order valence-electron chi connectivity index (χ2n) is 8.80. The zero-order chi connectivity index (χ0) is 24.5. The van der Waals surface area contributed by atoms with Gasteiger partial charge in [0, 0.05) is 18.5 Å². The van der Waals surface area contributed by atoms with E-state index in [-0.39, 0.29) is 11.9 Å². The molecular weight excluding hydrogens is 450 g/mol. The average Bonchev–Trinajstić information content (AvgIpc) is 3.18. The Morgan fingerprint density at radius 2 is 1.76 bits per heavy atom. The summed E-state index contributed by atoms with van der Waals surface area (Å²) < 4.78 is 5.91. The molecule has 0 spiro atoms. The highest BCUT2D eigenvalue weighted by atomic mass is 35.5. The molecule has 2 aromatic carbocycles. The van der Waals surface area contributed by atoms with E-state index in [0.717, 1.165) is 11.1 Å². The molecule has 3 N–H and O–H groups in total. The van der Waals surface area contributed by atoms with Crippen molar-refractivity contribution in [2.75, 3.05) is 7.05 Å². The van der Waals surface area contributed by atoms with Crippen molar-refractivity contribution >= 4 is 28.7 Å². The predicted molar refractivity (Wildman–Crippen MR) is 135 cm³/mol. The van der Waals surface area contributed by atoms with Crippen LogP contribution in [0.2, 0.25) is 5.02 Å². The third-order valence-electron chi connectivity index (χ3n) is 5.80. The van der Waals surface area contributed by atoms with Gasteiger partial charge < -0.3 is 20.4 Å². The minimum absolute atomic E-state index is 0.0819. The van der Waals surface area contributed by atoms with Crippen molar-refractivity contribution in [2.24, 2.45) is 0 Å². The number of hydrogen-bond acceptors (Lipinski definition) is 5. The molecule has 2 aromatic heterocycles. The lowest BCUT2D eigenvalue weighted by Crippen LogP contribution is -2.39. The average molecular weight is 478 g/mol. The first-order chi connectivity index (χ1) is 16.2. The summed E-state index contributed by atoms with van der Waals surface area (Å²) in [5.74, 6) is 0.531. The number of aromatic amines is 1. The SMILES string of the molecule is CNC(C)c1ccc(-c2nc3nc(Oc4ccc(C(C)(C)NC(C)=O)cc4)[nH]c3cc2Cl)cc1. The standard InChI is InChI=1S/C26H28ClN5O2/c1-15(28-5)17-6-8-18(9-7-17)23-21(27)14-22-24(30-23)31-25(29-22)34-20-12-10-19(11-13-20)26(3,4)32-16(2)33/h6-15,28H,1-5H3,(H,32,33)(H,29,30,31). The van der Waals surface area contributed by atoms with Crippen molar-refractivity contribution in [1.29, 1.82) is 0 Å². The largest absolute Gasteiger partial charge is 0.426 e. The predicted octanol–water partition coefficient (Wildman–Crippen LogP) is 5.72. The number of rotatable bonds is 7. The van der Waals surface area contributed by atoms with Gasteiger partial charge in [0.1, 0.15) is 5.75 Å². The molecule has 0 saturated heterocycles. The van der Waals surface area contributed by atoms with E-state index < -0.39 is 5.54 Å². The summed E-state index contributed by atoms with van der Waals surface area (Å²) >= 11 is 6.54. The van der Waals surface area contributed by atoms with Crippen LogP contribution in [0.15, 0.2) is 54.6 Å². The lowest BCUT2D eigenvalue weighted by atomic mass is 9.94. The van der Waals surface area contributed by atoms with Gasteiger partial charge >= 0.3 is 6.01 Å². The van der Waals surface area contributed by atoms with Crippen LogP contribution < -0.4 is 15.4 Å². The second-order valence-corrected chi connectivity index (χ2v) is 9.20. The molecule has 0 bridgehead atoms. The molecule has 1 amide bonds. The summed E-state index contributed by atoms with van der Waals surface area (Å²) in [6.45, 7) is 7.51. The molecule has 4 rings (SSSR count). The number of carbonyl (C=O) groups is 1. The van der Waals surface area contributed by atoms with Gasteiger partial charge in [-0.15, -0.1) is 0 Å². The van der Waals surface area contributed by atoms with Crippen LogP contribution >= 0.6 is 11.6 Å². The quantitative estimate of drug-likeness (QED) is 0.316. The van der Waals surface area contributed by atoms with Crippen molar-refractivity contribution in [3.05, 3.63) is 70.7 Å². The lowest BCUT2D eigenvalue weighted by molar-refractivity contribution is -0.120. The number of imidazole rings is 1. The Hall–Kier alpha value is -3.42. The molecule has 8 heteroatoms. The van der Waals surface area contributed by atoms with Gasteiger partial charge in [-0.2, -0.15) is 4.98 Å². The maximum atomic E-state index is 11.5. The minimum atomic E-state index is -0.482. The van der Waals surface area contributed by atoms with Gasteiger partial charge in [-0.3, -0.25) is 4.79 Å². The molecule has 1 atom stereocenters. The molecule has 7 nitrogen and oxygen atoms in total. The fourth-order valence-corrected chi connectivity index (χ4v) is 4.07. The van der Waals surface area contributed by atoms with Crippen molar-refractivity contribution in [2.45, 2.75) is 39.3 Å². The van der Waals surface area contributed by atoms with Gasteiger partial charge in [-0.05, 0) is 57.1 Å². The Morgan fingerprint density at radius 1 is 1.09 bits per heavy atom. The maximum Gasteiger partial charge on any atom is 0.301 e. The molecule has 0 fully saturated rings. The van der Waals surface area contributed by atoms with Gasteiger partial charge in [0.25, 0.3) is 0 Å². The van der Waals surface area contributed by atoms with E-state index in [0.29, 0.717) is 33.6 Å². The molecule has 0 saturated carbocycles. The molecule has 2 heterocycles. The van der Waals surface area contributed by atoms with Gasteiger partial charge in [-0.1, -0.05) is 48.0 Å². The number of hydrogen-bond donors (Lipinski definition) is 3. The van der Waals surface area contributed by atoms with Crippen LogP contribution in [0.3, 0.4) is 0 Å². The summed E-state index contributed by atoms with van der Waals surface area (Å²) in [6.07, 6.45) is 0. The summed E-state index contributed by atoms with van der Waals surface area (Å²) in [6, 6.07) is 18.1. The molecular formula is C26H28ClN5O2. The van der Waals surface area contributed by atoms with Crippen LogP contribution in [0.25, 0.3) is 22.4 Å². The van der Waals surface area contributed by atoms with Gasteiger partial charge in [0.15, 0.2) is 5.65 Å². The second kappa shape index (κ2) is 9.44. The molecule has 0 aliphatic heterocycles. The highest BCUT2D eigenvalue weighted by Crippen LogP contribution is 2.31. The smallest absolute Gasteiger partial charge is 0.301 e. The zero-order valence-corrected chi connectivity index (χ0v) is 20.6. The van der Waals surface area contributed by atoms with Gasteiger partial charge in [-0.25, -0.2) is 4.98 Å². The normalized spacial score (nSPS) is 12.5. The number of fused-ring (bicyclic) bond motifs is 1. The Morgan fingerprint density at radius 3 is 2.38 bits per heavy atom. The third kappa shape index (κ3) is 5.05. The van der Waals surface area contributed by atoms with Crippen molar-refractivity contribution < 1.29 is 9.53 Å². The Kier molecular flexibility index (Phi) is 6.59. The molecule has 4 aromatic rings. The topological polar surface area (TPSA) is 91.9 Å². The van der Waals surface area contributed by atoms with E-state index in [1.165, 1.54) is 12.5 Å². The highest BCUT2D eigenvalue weighted by molar-refractivity contribution is 6.33. The van der Waals surface area contributed by atoms with E-state index in [1.807, 2.05) is 63.4 Å². The van der Waals surface area contributed by atoms with Crippen LogP contribution in [-0.2, 0) is 10.3 Å². The number of benzene rings is 2. The Bertz CT molecular complexity index is 1310. The number of amides is 1. The first-order valence-electron chi connectivity index (χ1n) is 11.1. The van der Waals surface area contributed by atoms with E-state index in [4.69, 9.17) is 16.3 Å². The molecule has 0 aliphatic rings. The number of nitrogens with zero attached hydrogens (tertiary/aromatic N) is 2. The number of aromatic nitrogens is 3. The minimum Gasteiger partial charge on any atom is -0.426 e. The van der Waals surface area contributed by atoms with Crippen LogP contribution in [-0.4, -0.2) is 27.9 Å². The van der Waals surface area contributed by atoms with E-state index in [9.17, 15) is 4.79 Å². The van der Waals surface area contributed by atoms with Crippen LogP contribution in [0.5, 0.6) is 11.8 Å². The van der Waals surface area contributed by atoms with Crippen molar-refractivity contribution in [3.8, 4) is 23.0 Å². The monoisotopic (exact) mass is 477 g/mol. The fraction of sp³-hybridized carbons (Fsp3) is 0.269. The molecule has 176 valence electrons. The number of carbonyl (C=O) groups excluding carboxylic acids is 1. The molecule has 0 aliphatic carbocycles. The van der Waals surface area contributed by atoms with Crippen LogP contribution in [0, 0.1) is 0 Å². The number of halogens is 1. The highest BCUT2D eigenvalue weighted by Gasteiger charge is 2.21. The summed E-state index contributed by atoms with van der Waals surface area (Å²) in [7, 11) is 1.93. The fourth-order valence-electron chi connectivity index (χ4n) is 3.81. The number of nitrogens with one attached hydrogen (secondary N) is 3. The summed E-state index contributed by atoms with van der Waals surface area (Å²) in [5, 5.41) is 6.69. The lowest BCUT2D eigenvalue weighted by Gasteiger charge is -2.26. The Balaban J connectivity index is 1.56. The van der Waals surface area contributed by atoms with E-state index in [1.54, 1.807) is 0 Å². The van der Waals surface area contributed by atoms with E-state index >= 15 is 0 Å². The summed E-state index contributed by atoms with van der Waals surface area (Å²) in [5.41, 5.74) is 4.46. The van der Waals surface area contributed by atoms with E-state index in [2.05, 4.69) is 44.6 Å². The maximum absolute atomic E-state index is 11.5. The zero-order valence-electron chi connectivity index (χ0n) is 19.9. The number of H-pyrrole nitrogens is 1. The first-order valence-corrected chi connectivity index (χ1v) is 11.4. The molecule has 1 unspecified atom stereocenters. The Labute approximate surface area is 203 Å². The third-order valence-corrected chi connectivity index (χ3v) is 6.09. The van der Waals surface area contributed by atoms with Crippen molar-refractivity contribution in [1.82, 2.24) is 25.6 Å². The number of ether oxygens (including phenoxy) is 1. The van der Waals surface area contributed by atoms with Crippen LogP contribution in [0.4, 0.5) is 0 Å². The number of pyridine rings is 1. The van der Waals surface area contributed by atoms with Crippen LogP contribution in [0.1, 0.15) is 44.9 Å². The molecule has 0 radical (unpaired) electrons. The van der Waals surface area contributed by atoms with Gasteiger partial charge in [0.05, 0.1) is 21.8 Å². The summed E-state index contributed by atoms with van der Waals surface area (Å²) in [4.78, 5) is 23.7.